The summed E-state index contributed by atoms with van der Waals surface area (Å²) in [6.07, 6.45) is 0.309. The molecule has 2 N–H and O–H groups in total. The van der Waals surface area contributed by atoms with E-state index in [1.165, 1.54) is 0 Å². The molecular weight excluding hydrogens is 416 g/mol. The summed E-state index contributed by atoms with van der Waals surface area (Å²) < 4.78 is 30.7. The Kier molecular flexibility index (Phi) is 7.65. The van der Waals surface area contributed by atoms with Gasteiger partial charge in [0.2, 0.25) is 15.8 Å². The van der Waals surface area contributed by atoms with Crippen LogP contribution in [0.2, 0.25) is 5.02 Å². The van der Waals surface area contributed by atoms with Gasteiger partial charge in [-0.05, 0) is 48.5 Å². The first-order valence-corrected chi connectivity index (χ1v) is 11.2. The van der Waals surface area contributed by atoms with E-state index in [0.29, 0.717) is 28.6 Å². The SMILES string of the molecule is C[N+](C)(CC(=O)c1ccc(NS(C)(=O)=O)cc1)CC(O)COc1ccc(Cl)cc1. The molecule has 158 valence electrons. The number of rotatable bonds is 10. The average Bonchev–Trinajstić information content (AvgIpc) is 2.59. The molecule has 0 aromatic heterocycles. The van der Waals surface area contributed by atoms with Gasteiger partial charge in [0.05, 0.1) is 20.4 Å². The number of ether oxygens (including phenoxy) is 1. The molecule has 0 aliphatic carbocycles. The van der Waals surface area contributed by atoms with Crippen LogP contribution in [0.4, 0.5) is 5.69 Å². The number of hydrogen-bond donors (Lipinski definition) is 2. The van der Waals surface area contributed by atoms with Gasteiger partial charge in [0.1, 0.15) is 31.5 Å². The van der Waals surface area contributed by atoms with Gasteiger partial charge >= 0.3 is 0 Å². The fraction of sp³-hybridized carbons (Fsp3) is 0.350. The van der Waals surface area contributed by atoms with Gasteiger partial charge in [-0.25, -0.2) is 8.42 Å². The van der Waals surface area contributed by atoms with Crippen molar-refractivity contribution in [2.24, 2.45) is 0 Å². The minimum absolute atomic E-state index is 0.101. The highest BCUT2D eigenvalue weighted by molar-refractivity contribution is 7.92. The fourth-order valence-corrected chi connectivity index (χ4v) is 3.52. The van der Waals surface area contributed by atoms with Crippen molar-refractivity contribution < 1.29 is 27.5 Å². The summed E-state index contributed by atoms with van der Waals surface area (Å²) in [4.78, 5) is 12.6. The molecule has 2 aromatic rings. The van der Waals surface area contributed by atoms with Crippen molar-refractivity contribution >= 4 is 33.1 Å². The van der Waals surface area contributed by atoms with Crippen LogP contribution in [0.1, 0.15) is 10.4 Å². The van der Waals surface area contributed by atoms with Crippen LogP contribution in [0.15, 0.2) is 48.5 Å². The van der Waals surface area contributed by atoms with Crippen molar-refractivity contribution in [3.63, 3.8) is 0 Å². The molecule has 0 spiro atoms. The first-order chi connectivity index (χ1) is 13.4. The number of aliphatic hydroxyl groups is 1. The lowest BCUT2D eigenvalue weighted by Gasteiger charge is -2.31. The molecular formula is C20H26ClN2O5S+. The van der Waals surface area contributed by atoms with Crippen LogP contribution in [0.5, 0.6) is 5.75 Å². The number of nitrogens with zero attached hydrogens (tertiary/aromatic N) is 1. The van der Waals surface area contributed by atoms with Crippen LogP contribution in [-0.2, 0) is 10.0 Å². The Labute approximate surface area is 176 Å². The lowest BCUT2D eigenvalue weighted by atomic mass is 10.1. The number of quaternary nitrogens is 1. The zero-order valence-corrected chi connectivity index (χ0v) is 18.2. The molecule has 0 bridgehead atoms. The van der Waals surface area contributed by atoms with E-state index >= 15 is 0 Å². The normalized spacial score (nSPS) is 13.0. The molecule has 29 heavy (non-hydrogen) atoms. The maximum atomic E-state index is 12.6. The number of Topliss-reactive ketones (excluding diaryl/α,β-unsaturated/α-hetero) is 1. The second-order valence-corrected chi connectivity index (χ2v) is 9.75. The number of carbonyl (C=O) groups excluding carboxylic acids is 1. The highest BCUT2D eigenvalue weighted by atomic mass is 35.5. The Morgan fingerprint density at radius 3 is 2.28 bits per heavy atom. The van der Waals surface area contributed by atoms with E-state index in [1.807, 2.05) is 14.1 Å². The Bertz CT molecular complexity index is 928. The van der Waals surface area contributed by atoms with Gasteiger partial charge in [-0.1, -0.05) is 11.6 Å². The van der Waals surface area contributed by atoms with Crippen LogP contribution in [0.3, 0.4) is 0 Å². The van der Waals surface area contributed by atoms with E-state index in [1.54, 1.807) is 48.5 Å². The summed E-state index contributed by atoms with van der Waals surface area (Å²) in [6.45, 7) is 0.604. The molecule has 0 aliphatic rings. The van der Waals surface area contributed by atoms with Crippen molar-refractivity contribution in [1.82, 2.24) is 0 Å². The molecule has 2 rings (SSSR count). The van der Waals surface area contributed by atoms with Crippen LogP contribution in [0.25, 0.3) is 0 Å². The van der Waals surface area contributed by atoms with E-state index in [0.717, 1.165) is 6.26 Å². The molecule has 0 radical (unpaired) electrons. The van der Waals surface area contributed by atoms with Gasteiger partial charge in [-0.15, -0.1) is 0 Å². The van der Waals surface area contributed by atoms with Gasteiger partial charge in [-0.2, -0.15) is 0 Å². The maximum Gasteiger partial charge on any atom is 0.229 e. The Hall–Kier alpha value is -2.13. The average molecular weight is 442 g/mol. The molecule has 0 amide bonds. The number of carbonyl (C=O) groups is 1. The van der Waals surface area contributed by atoms with Crippen LogP contribution >= 0.6 is 11.6 Å². The van der Waals surface area contributed by atoms with E-state index in [2.05, 4.69) is 4.72 Å². The molecule has 9 heteroatoms. The number of aliphatic hydroxyl groups excluding tert-OH is 1. The Morgan fingerprint density at radius 2 is 1.72 bits per heavy atom. The second-order valence-electron chi connectivity index (χ2n) is 7.57. The third kappa shape index (κ3) is 8.41. The standard InChI is InChI=1S/C20H25ClN2O5S/c1-23(2,12-18(24)14-28-19-10-6-16(21)7-11-19)13-20(25)15-4-8-17(9-5-15)22-29(3,26)27/h4-11,18,24H,12-14H2,1-3H3/p+1. The van der Waals surface area contributed by atoms with Crippen molar-refractivity contribution in [3.8, 4) is 5.75 Å². The van der Waals surface area contributed by atoms with Gasteiger partial charge in [0.25, 0.3) is 0 Å². The zero-order valence-electron chi connectivity index (χ0n) is 16.6. The van der Waals surface area contributed by atoms with Crippen LogP contribution < -0.4 is 9.46 Å². The second kappa shape index (κ2) is 9.58. The van der Waals surface area contributed by atoms with Crippen molar-refractivity contribution in [1.29, 1.82) is 0 Å². The molecule has 0 heterocycles. The van der Waals surface area contributed by atoms with Crippen molar-refractivity contribution in [2.45, 2.75) is 6.10 Å². The summed E-state index contributed by atoms with van der Waals surface area (Å²) in [5.41, 5.74) is 0.870. The largest absolute Gasteiger partial charge is 0.491 e. The summed E-state index contributed by atoms with van der Waals surface area (Å²) in [7, 11) is 0.336. The molecule has 1 atom stereocenters. The number of likely N-dealkylation sites (N-methyl/N-ethyl adjacent to an activating group) is 1. The Balaban J connectivity index is 1.88. The first-order valence-electron chi connectivity index (χ1n) is 8.93. The summed E-state index contributed by atoms with van der Waals surface area (Å²) >= 11 is 5.83. The van der Waals surface area contributed by atoms with Crippen LogP contribution in [0, 0.1) is 0 Å². The quantitative estimate of drug-likeness (QED) is 0.436. The highest BCUT2D eigenvalue weighted by Gasteiger charge is 2.25. The Morgan fingerprint density at radius 1 is 1.14 bits per heavy atom. The lowest BCUT2D eigenvalue weighted by Crippen LogP contribution is -2.49. The number of nitrogens with one attached hydrogen (secondary N) is 1. The lowest BCUT2D eigenvalue weighted by molar-refractivity contribution is -0.885. The molecule has 2 aromatic carbocycles. The van der Waals surface area contributed by atoms with Gasteiger partial charge in [-0.3, -0.25) is 9.52 Å². The number of ketones is 1. The molecule has 7 nitrogen and oxygen atoms in total. The number of benzene rings is 2. The third-order valence-corrected chi connectivity index (χ3v) is 4.90. The molecule has 0 fully saturated rings. The predicted molar refractivity (Wildman–Crippen MR) is 114 cm³/mol. The van der Waals surface area contributed by atoms with Crippen LogP contribution in [-0.4, -0.2) is 69.9 Å². The molecule has 1 unspecified atom stereocenters. The van der Waals surface area contributed by atoms with Gasteiger partial charge < -0.3 is 14.3 Å². The number of anilines is 1. The molecule has 0 saturated heterocycles. The number of halogens is 1. The number of hydrogen-bond acceptors (Lipinski definition) is 5. The topological polar surface area (TPSA) is 92.7 Å². The summed E-state index contributed by atoms with van der Waals surface area (Å²) in [5, 5.41) is 10.9. The third-order valence-electron chi connectivity index (χ3n) is 4.04. The van der Waals surface area contributed by atoms with E-state index in [-0.39, 0.29) is 23.4 Å². The highest BCUT2D eigenvalue weighted by Crippen LogP contribution is 2.16. The minimum Gasteiger partial charge on any atom is -0.491 e. The molecule has 0 aliphatic heterocycles. The zero-order chi connectivity index (χ0) is 21.7. The monoisotopic (exact) mass is 441 g/mol. The van der Waals surface area contributed by atoms with E-state index < -0.39 is 16.1 Å². The van der Waals surface area contributed by atoms with Gasteiger partial charge in [0.15, 0.2) is 0 Å². The number of sulfonamides is 1. The predicted octanol–water partition coefficient (Wildman–Crippen LogP) is 2.41. The van der Waals surface area contributed by atoms with Crippen molar-refractivity contribution in [2.75, 3.05) is 44.8 Å². The minimum atomic E-state index is -3.36. The van der Waals surface area contributed by atoms with Gasteiger partial charge in [0, 0.05) is 16.3 Å². The summed E-state index contributed by atoms with van der Waals surface area (Å²) in [6, 6.07) is 13.1. The van der Waals surface area contributed by atoms with E-state index in [4.69, 9.17) is 16.3 Å². The van der Waals surface area contributed by atoms with E-state index in [9.17, 15) is 18.3 Å². The maximum absolute atomic E-state index is 12.6. The van der Waals surface area contributed by atoms with Crippen molar-refractivity contribution in [3.05, 3.63) is 59.1 Å². The smallest absolute Gasteiger partial charge is 0.229 e. The molecule has 0 saturated carbocycles. The first kappa shape index (κ1) is 23.2. The summed E-state index contributed by atoms with van der Waals surface area (Å²) in [5.74, 6) is 0.504. The fourth-order valence-electron chi connectivity index (χ4n) is 2.83.